The first-order chi connectivity index (χ1) is 7.20. The zero-order chi connectivity index (χ0) is 10.8. The minimum Gasteiger partial charge on any atom is -0.476 e. The highest BCUT2D eigenvalue weighted by molar-refractivity contribution is 5.85. The lowest BCUT2D eigenvalue weighted by molar-refractivity contribution is 0.0685. The Hall–Kier alpha value is -1.36. The molecule has 0 radical (unpaired) electrons. The van der Waals surface area contributed by atoms with Gasteiger partial charge in [-0.05, 0) is 19.5 Å². The summed E-state index contributed by atoms with van der Waals surface area (Å²) in [7, 11) is 0. The number of hydrogen-bond donors (Lipinski definition) is 1. The molecular formula is C10H14N2O3. The molecule has 1 unspecified atom stereocenters. The third kappa shape index (κ3) is 2.02. The van der Waals surface area contributed by atoms with E-state index in [1.807, 2.05) is 0 Å². The lowest BCUT2D eigenvalue weighted by Gasteiger charge is -2.10. The molecule has 0 aromatic carbocycles. The molecule has 1 atom stereocenters. The Labute approximate surface area is 87.7 Å². The second-order valence-corrected chi connectivity index (χ2v) is 3.80. The molecular weight excluding hydrogens is 196 g/mol. The van der Waals surface area contributed by atoms with Crippen LogP contribution >= 0.6 is 0 Å². The van der Waals surface area contributed by atoms with E-state index >= 15 is 0 Å². The van der Waals surface area contributed by atoms with Crippen molar-refractivity contribution >= 4 is 5.97 Å². The summed E-state index contributed by atoms with van der Waals surface area (Å²) in [6, 6.07) is 1.53. The van der Waals surface area contributed by atoms with Crippen molar-refractivity contribution in [1.29, 1.82) is 0 Å². The standard InChI is InChI=1S/C10H14N2O3/c1-2-12-4-3-7(6-12)9-5-8(10(13)14)11-15-9/h5,7H,2-4,6H2,1H3,(H,13,14). The van der Waals surface area contributed by atoms with Crippen molar-refractivity contribution in [2.24, 2.45) is 0 Å². The van der Waals surface area contributed by atoms with Gasteiger partial charge in [-0.15, -0.1) is 0 Å². The topological polar surface area (TPSA) is 66.6 Å². The van der Waals surface area contributed by atoms with E-state index in [1.54, 1.807) is 0 Å². The number of likely N-dealkylation sites (tertiary alicyclic amines) is 1. The van der Waals surface area contributed by atoms with Crippen LogP contribution in [0.2, 0.25) is 0 Å². The van der Waals surface area contributed by atoms with Gasteiger partial charge >= 0.3 is 5.97 Å². The van der Waals surface area contributed by atoms with Crippen molar-refractivity contribution in [2.75, 3.05) is 19.6 Å². The van der Waals surface area contributed by atoms with E-state index in [4.69, 9.17) is 9.63 Å². The van der Waals surface area contributed by atoms with E-state index in [9.17, 15) is 4.79 Å². The van der Waals surface area contributed by atoms with Gasteiger partial charge < -0.3 is 14.5 Å². The Morgan fingerprint density at radius 1 is 1.80 bits per heavy atom. The van der Waals surface area contributed by atoms with E-state index in [-0.39, 0.29) is 5.69 Å². The van der Waals surface area contributed by atoms with E-state index in [0.29, 0.717) is 11.7 Å². The summed E-state index contributed by atoms with van der Waals surface area (Å²) in [6.07, 6.45) is 1.02. The van der Waals surface area contributed by atoms with Crippen molar-refractivity contribution in [3.8, 4) is 0 Å². The van der Waals surface area contributed by atoms with Gasteiger partial charge in [0.05, 0.1) is 0 Å². The summed E-state index contributed by atoms with van der Waals surface area (Å²) in [5, 5.41) is 12.2. The fourth-order valence-corrected chi connectivity index (χ4v) is 1.93. The largest absolute Gasteiger partial charge is 0.476 e. The third-order valence-corrected chi connectivity index (χ3v) is 2.87. The van der Waals surface area contributed by atoms with E-state index in [1.165, 1.54) is 6.07 Å². The van der Waals surface area contributed by atoms with Crippen molar-refractivity contribution < 1.29 is 14.4 Å². The molecule has 0 amide bonds. The Morgan fingerprint density at radius 3 is 3.13 bits per heavy atom. The molecule has 0 bridgehead atoms. The van der Waals surface area contributed by atoms with Crippen LogP contribution in [-0.4, -0.2) is 40.8 Å². The Bertz CT molecular complexity index is 361. The van der Waals surface area contributed by atoms with Crippen LogP contribution in [0.3, 0.4) is 0 Å². The van der Waals surface area contributed by atoms with Crippen LogP contribution < -0.4 is 0 Å². The maximum atomic E-state index is 10.6. The van der Waals surface area contributed by atoms with Gasteiger partial charge in [0.15, 0.2) is 5.69 Å². The summed E-state index contributed by atoms with van der Waals surface area (Å²) >= 11 is 0. The average molecular weight is 210 g/mol. The van der Waals surface area contributed by atoms with E-state index < -0.39 is 5.97 Å². The molecule has 1 aliphatic rings. The number of likely N-dealkylation sites (N-methyl/N-ethyl adjacent to an activating group) is 1. The SMILES string of the molecule is CCN1CCC(c2cc(C(=O)O)no2)C1. The van der Waals surface area contributed by atoms with Gasteiger partial charge in [0, 0.05) is 18.5 Å². The molecule has 82 valence electrons. The highest BCUT2D eigenvalue weighted by Crippen LogP contribution is 2.27. The van der Waals surface area contributed by atoms with Crippen molar-refractivity contribution in [2.45, 2.75) is 19.3 Å². The van der Waals surface area contributed by atoms with Crippen LogP contribution in [0.15, 0.2) is 10.6 Å². The van der Waals surface area contributed by atoms with Crippen LogP contribution in [0.25, 0.3) is 0 Å². The Kier molecular flexibility index (Phi) is 2.73. The number of hydrogen-bond acceptors (Lipinski definition) is 4. The minimum atomic E-state index is -1.03. The predicted octanol–water partition coefficient (Wildman–Crippen LogP) is 1.18. The van der Waals surface area contributed by atoms with E-state index in [0.717, 1.165) is 26.1 Å². The molecule has 0 saturated carbocycles. The molecule has 1 N–H and O–H groups in total. The maximum absolute atomic E-state index is 10.6. The van der Waals surface area contributed by atoms with Crippen molar-refractivity contribution in [3.05, 3.63) is 17.5 Å². The molecule has 2 rings (SSSR count). The predicted molar refractivity (Wildman–Crippen MR) is 52.9 cm³/mol. The first-order valence-corrected chi connectivity index (χ1v) is 5.13. The zero-order valence-electron chi connectivity index (χ0n) is 8.64. The van der Waals surface area contributed by atoms with Gasteiger partial charge in [-0.1, -0.05) is 12.1 Å². The number of nitrogens with zero attached hydrogens (tertiary/aromatic N) is 2. The number of carbonyl (C=O) groups is 1. The molecule has 1 saturated heterocycles. The first kappa shape index (κ1) is 10.2. The molecule has 2 heterocycles. The molecule has 1 aliphatic heterocycles. The number of carboxylic acid groups (broad SMARTS) is 1. The normalized spacial score (nSPS) is 22.1. The highest BCUT2D eigenvalue weighted by Gasteiger charge is 2.26. The summed E-state index contributed by atoms with van der Waals surface area (Å²) in [4.78, 5) is 12.9. The van der Waals surface area contributed by atoms with Gasteiger partial charge in [0.2, 0.25) is 0 Å². The van der Waals surface area contributed by atoms with Gasteiger partial charge in [0.25, 0.3) is 0 Å². The lowest BCUT2D eigenvalue weighted by atomic mass is 10.1. The molecule has 1 aromatic rings. The fraction of sp³-hybridized carbons (Fsp3) is 0.600. The van der Waals surface area contributed by atoms with Gasteiger partial charge in [0.1, 0.15) is 5.76 Å². The van der Waals surface area contributed by atoms with Crippen LogP contribution in [0.5, 0.6) is 0 Å². The van der Waals surface area contributed by atoms with Gasteiger partial charge in [-0.25, -0.2) is 4.79 Å². The Morgan fingerprint density at radius 2 is 2.60 bits per heavy atom. The average Bonchev–Trinajstić information content (AvgIpc) is 2.86. The summed E-state index contributed by atoms with van der Waals surface area (Å²) < 4.78 is 5.05. The quantitative estimate of drug-likeness (QED) is 0.811. The third-order valence-electron chi connectivity index (χ3n) is 2.87. The molecule has 0 spiro atoms. The molecule has 1 fully saturated rings. The number of aromatic nitrogens is 1. The molecule has 5 nitrogen and oxygen atoms in total. The summed E-state index contributed by atoms with van der Waals surface area (Å²) in [5.74, 6) is -0.0377. The van der Waals surface area contributed by atoms with Crippen LogP contribution in [0.1, 0.15) is 35.5 Å². The smallest absolute Gasteiger partial charge is 0.358 e. The van der Waals surface area contributed by atoms with Crippen LogP contribution in [0.4, 0.5) is 0 Å². The summed E-state index contributed by atoms with van der Waals surface area (Å²) in [5.41, 5.74) is -0.0000477. The number of rotatable bonds is 3. The van der Waals surface area contributed by atoms with Crippen molar-refractivity contribution in [3.63, 3.8) is 0 Å². The number of aromatic carboxylic acids is 1. The molecule has 5 heteroatoms. The maximum Gasteiger partial charge on any atom is 0.358 e. The second kappa shape index (κ2) is 4.02. The van der Waals surface area contributed by atoms with Crippen LogP contribution in [0, 0.1) is 0 Å². The first-order valence-electron chi connectivity index (χ1n) is 5.13. The summed E-state index contributed by atoms with van der Waals surface area (Å²) in [6.45, 7) is 5.12. The fourth-order valence-electron chi connectivity index (χ4n) is 1.93. The monoisotopic (exact) mass is 210 g/mol. The van der Waals surface area contributed by atoms with Crippen LogP contribution in [-0.2, 0) is 0 Å². The van der Waals surface area contributed by atoms with Gasteiger partial charge in [-0.3, -0.25) is 0 Å². The second-order valence-electron chi connectivity index (χ2n) is 3.80. The minimum absolute atomic E-state index is 0.0000477. The highest BCUT2D eigenvalue weighted by atomic mass is 16.5. The van der Waals surface area contributed by atoms with Crippen molar-refractivity contribution in [1.82, 2.24) is 10.1 Å². The Balaban J connectivity index is 2.07. The zero-order valence-corrected chi connectivity index (χ0v) is 8.64. The number of carboxylic acids is 1. The van der Waals surface area contributed by atoms with E-state index in [2.05, 4.69) is 17.0 Å². The van der Waals surface area contributed by atoms with Gasteiger partial charge in [-0.2, -0.15) is 0 Å². The molecule has 1 aromatic heterocycles. The lowest BCUT2D eigenvalue weighted by Crippen LogP contribution is -2.19. The molecule has 0 aliphatic carbocycles. The molecule has 15 heavy (non-hydrogen) atoms.